The summed E-state index contributed by atoms with van der Waals surface area (Å²) in [5.41, 5.74) is 2.30. The first kappa shape index (κ1) is 21.6. The number of methoxy groups -OCH3 is 1. The van der Waals surface area contributed by atoms with Crippen LogP contribution < -0.4 is 19.9 Å². The number of anilines is 2. The number of amides is 1. The van der Waals surface area contributed by atoms with Crippen LogP contribution in [0.4, 0.5) is 11.4 Å². The molecule has 0 aliphatic carbocycles. The van der Waals surface area contributed by atoms with Crippen molar-refractivity contribution in [3.8, 4) is 5.75 Å². The second-order valence-corrected chi connectivity index (χ2v) is 7.69. The summed E-state index contributed by atoms with van der Waals surface area (Å²) in [6.07, 6.45) is -0.163. The second-order valence-electron chi connectivity index (χ2n) is 7.69. The van der Waals surface area contributed by atoms with Gasteiger partial charge in [0.15, 0.2) is 6.54 Å². The zero-order valence-corrected chi connectivity index (χ0v) is 17.8. The van der Waals surface area contributed by atoms with E-state index < -0.39 is 0 Å². The molecule has 0 spiro atoms. The Morgan fingerprint density at radius 1 is 1.10 bits per heavy atom. The highest BCUT2D eigenvalue weighted by Crippen LogP contribution is 2.20. The van der Waals surface area contributed by atoms with Gasteiger partial charge in [0.1, 0.15) is 5.75 Å². The summed E-state index contributed by atoms with van der Waals surface area (Å²) in [5.74, 6) is 0.462. The molecule has 1 amide bonds. The molecule has 2 aromatic carbocycles. The summed E-state index contributed by atoms with van der Waals surface area (Å²) in [5, 5.41) is 2.91. The van der Waals surface area contributed by atoms with E-state index >= 15 is 0 Å². The van der Waals surface area contributed by atoms with Crippen LogP contribution in [0, 0.1) is 0 Å². The second kappa shape index (κ2) is 10.1. The maximum absolute atomic E-state index is 12.4. The van der Waals surface area contributed by atoms with Gasteiger partial charge in [0.2, 0.25) is 0 Å². The first-order chi connectivity index (χ1) is 14.4. The van der Waals surface area contributed by atoms with Crippen LogP contribution in [0.3, 0.4) is 0 Å². The van der Waals surface area contributed by atoms with Crippen molar-refractivity contribution in [1.82, 2.24) is 0 Å². The van der Waals surface area contributed by atoms with E-state index in [0.717, 1.165) is 37.6 Å². The van der Waals surface area contributed by atoms with Gasteiger partial charge in [0.25, 0.3) is 5.91 Å². The van der Waals surface area contributed by atoms with E-state index in [2.05, 4.69) is 16.3 Å². The standard InChI is InChI=1S/C23H29N3O4/c1-17(2)30-23(28)18-7-9-19(10-8-18)24-22(27)16-25-11-13-26(14-12-25)20-5-4-6-21(15-20)29-3/h4-10,15,17H,11-14,16H2,1-3H3,(H,24,27)/p+1. The molecule has 30 heavy (non-hydrogen) atoms. The van der Waals surface area contributed by atoms with Gasteiger partial charge < -0.3 is 24.6 Å². The molecule has 2 N–H and O–H groups in total. The predicted octanol–water partition coefficient (Wildman–Crippen LogP) is 1.60. The van der Waals surface area contributed by atoms with Crippen LogP contribution >= 0.6 is 0 Å². The Balaban J connectivity index is 1.46. The molecule has 1 aliphatic rings. The summed E-state index contributed by atoms with van der Waals surface area (Å²) in [7, 11) is 1.67. The van der Waals surface area contributed by atoms with Gasteiger partial charge in [-0.15, -0.1) is 0 Å². The number of piperazine rings is 1. The van der Waals surface area contributed by atoms with Crippen LogP contribution in [-0.4, -0.2) is 57.8 Å². The van der Waals surface area contributed by atoms with Gasteiger partial charge in [-0.25, -0.2) is 4.79 Å². The van der Waals surface area contributed by atoms with Gasteiger partial charge in [-0.2, -0.15) is 0 Å². The Kier molecular flexibility index (Phi) is 7.30. The predicted molar refractivity (Wildman–Crippen MR) is 116 cm³/mol. The van der Waals surface area contributed by atoms with Crippen LogP contribution in [0.15, 0.2) is 48.5 Å². The van der Waals surface area contributed by atoms with Gasteiger partial charge in [-0.1, -0.05) is 6.07 Å². The molecular weight excluding hydrogens is 382 g/mol. The number of nitrogens with zero attached hydrogens (tertiary/aromatic N) is 1. The third kappa shape index (κ3) is 5.97. The van der Waals surface area contributed by atoms with Crippen molar-refractivity contribution in [2.24, 2.45) is 0 Å². The summed E-state index contributed by atoms with van der Waals surface area (Å²) >= 11 is 0. The molecule has 1 saturated heterocycles. The number of esters is 1. The number of carbonyl (C=O) groups excluding carboxylic acids is 2. The Bertz CT molecular complexity index is 859. The van der Waals surface area contributed by atoms with Crippen molar-refractivity contribution < 1.29 is 24.0 Å². The lowest BCUT2D eigenvalue weighted by molar-refractivity contribution is -0.892. The van der Waals surface area contributed by atoms with E-state index in [0.29, 0.717) is 17.8 Å². The first-order valence-corrected chi connectivity index (χ1v) is 10.3. The van der Waals surface area contributed by atoms with Gasteiger partial charge in [-0.05, 0) is 50.2 Å². The third-order valence-corrected chi connectivity index (χ3v) is 5.05. The monoisotopic (exact) mass is 412 g/mol. The van der Waals surface area contributed by atoms with Crippen molar-refractivity contribution >= 4 is 23.3 Å². The lowest BCUT2D eigenvalue weighted by atomic mass is 10.2. The van der Waals surface area contributed by atoms with Gasteiger partial charge in [-0.3, -0.25) is 4.79 Å². The molecule has 1 heterocycles. The number of nitrogens with one attached hydrogen (secondary N) is 2. The fraction of sp³-hybridized carbons (Fsp3) is 0.391. The molecule has 1 fully saturated rings. The molecule has 0 aromatic heterocycles. The number of ether oxygens (including phenoxy) is 2. The number of carbonyl (C=O) groups is 2. The molecule has 0 unspecified atom stereocenters. The number of benzene rings is 2. The van der Waals surface area contributed by atoms with E-state index in [1.165, 1.54) is 4.90 Å². The topological polar surface area (TPSA) is 72.3 Å². The molecule has 0 saturated carbocycles. The van der Waals surface area contributed by atoms with Gasteiger partial charge in [0.05, 0.1) is 45.0 Å². The van der Waals surface area contributed by atoms with E-state index in [1.54, 1.807) is 31.4 Å². The zero-order chi connectivity index (χ0) is 21.5. The number of hydrogen-bond donors (Lipinski definition) is 2. The highest BCUT2D eigenvalue weighted by Gasteiger charge is 2.22. The third-order valence-electron chi connectivity index (χ3n) is 5.05. The molecule has 0 atom stereocenters. The minimum absolute atomic E-state index is 0.0302. The lowest BCUT2D eigenvalue weighted by Crippen LogP contribution is -3.15. The van der Waals surface area contributed by atoms with E-state index in [9.17, 15) is 9.59 Å². The molecule has 0 radical (unpaired) electrons. The Hall–Kier alpha value is -3.06. The number of hydrogen-bond acceptors (Lipinski definition) is 5. The molecule has 160 valence electrons. The van der Waals surface area contributed by atoms with E-state index in [4.69, 9.17) is 9.47 Å². The van der Waals surface area contributed by atoms with Gasteiger partial charge in [0, 0.05) is 17.4 Å². The maximum atomic E-state index is 12.4. The summed E-state index contributed by atoms with van der Waals surface area (Å²) in [6, 6.07) is 14.8. The average Bonchev–Trinajstić information content (AvgIpc) is 2.74. The fourth-order valence-corrected chi connectivity index (χ4v) is 3.47. The summed E-state index contributed by atoms with van der Waals surface area (Å²) in [4.78, 5) is 27.9. The van der Waals surface area contributed by atoms with Crippen molar-refractivity contribution in [2.75, 3.05) is 50.1 Å². The summed E-state index contributed by atoms with van der Waals surface area (Å²) in [6.45, 7) is 7.61. The average molecular weight is 413 g/mol. The van der Waals surface area contributed by atoms with E-state index in [1.807, 2.05) is 32.0 Å². The normalized spacial score (nSPS) is 14.5. The Morgan fingerprint density at radius 3 is 2.43 bits per heavy atom. The molecule has 3 rings (SSSR count). The largest absolute Gasteiger partial charge is 0.497 e. The van der Waals surface area contributed by atoms with Crippen molar-refractivity contribution in [2.45, 2.75) is 20.0 Å². The van der Waals surface area contributed by atoms with Crippen LogP contribution in [0.2, 0.25) is 0 Å². The maximum Gasteiger partial charge on any atom is 0.338 e. The Morgan fingerprint density at radius 2 is 1.80 bits per heavy atom. The Labute approximate surface area is 177 Å². The molecule has 2 aromatic rings. The molecule has 7 nitrogen and oxygen atoms in total. The minimum atomic E-state index is -0.360. The van der Waals surface area contributed by atoms with Crippen LogP contribution in [-0.2, 0) is 9.53 Å². The van der Waals surface area contributed by atoms with E-state index in [-0.39, 0.29) is 18.0 Å². The highest BCUT2D eigenvalue weighted by atomic mass is 16.5. The quantitative estimate of drug-likeness (QED) is 0.676. The molecule has 0 bridgehead atoms. The molecular formula is C23H30N3O4+. The lowest BCUT2D eigenvalue weighted by Gasteiger charge is -2.33. The van der Waals surface area contributed by atoms with Crippen LogP contribution in [0.5, 0.6) is 5.75 Å². The number of quaternary nitrogens is 1. The van der Waals surface area contributed by atoms with Crippen molar-refractivity contribution in [1.29, 1.82) is 0 Å². The van der Waals surface area contributed by atoms with Crippen molar-refractivity contribution in [3.05, 3.63) is 54.1 Å². The van der Waals surface area contributed by atoms with Crippen LogP contribution in [0.1, 0.15) is 24.2 Å². The van der Waals surface area contributed by atoms with Gasteiger partial charge >= 0.3 is 5.97 Å². The summed E-state index contributed by atoms with van der Waals surface area (Å²) < 4.78 is 10.5. The highest BCUT2D eigenvalue weighted by molar-refractivity contribution is 5.93. The number of rotatable bonds is 7. The molecule has 7 heteroatoms. The molecule has 1 aliphatic heterocycles. The first-order valence-electron chi connectivity index (χ1n) is 10.3. The fourth-order valence-electron chi connectivity index (χ4n) is 3.47. The SMILES string of the molecule is COc1cccc(N2CC[NH+](CC(=O)Nc3ccc(C(=O)OC(C)C)cc3)CC2)c1. The zero-order valence-electron chi connectivity index (χ0n) is 17.8. The van der Waals surface area contributed by atoms with Crippen LogP contribution in [0.25, 0.3) is 0 Å². The smallest absolute Gasteiger partial charge is 0.338 e. The minimum Gasteiger partial charge on any atom is -0.497 e. The van der Waals surface area contributed by atoms with Crippen molar-refractivity contribution in [3.63, 3.8) is 0 Å².